The third-order valence-electron chi connectivity index (χ3n) is 3.54. The first-order chi connectivity index (χ1) is 9.52. The molecule has 0 radical (unpaired) electrons. The minimum atomic E-state index is -3.54. The summed E-state index contributed by atoms with van der Waals surface area (Å²) in [7, 11) is -3.54. The van der Waals surface area contributed by atoms with E-state index >= 15 is 0 Å². The molecule has 116 valence electrons. The van der Waals surface area contributed by atoms with E-state index in [4.69, 9.17) is 10.3 Å². The number of halogens is 1. The zero-order chi connectivity index (χ0) is 14.3. The first-order valence-electron chi connectivity index (χ1n) is 6.52. The molecule has 2 N–H and O–H groups in total. The summed E-state index contributed by atoms with van der Waals surface area (Å²) in [6.07, 6.45) is 2.65. The second kappa shape index (κ2) is 5.88. The molecule has 0 unspecified atom stereocenters. The van der Waals surface area contributed by atoms with Gasteiger partial charge in [-0.2, -0.15) is 4.31 Å². The quantitative estimate of drug-likeness (QED) is 0.897. The molecule has 7 nitrogen and oxygen atoms in total. The van der Waals surface area contributed by atoms with Crippen LogP contribution in [0.25, 0.3) is 11.1 Å². The largest absolute Gasteiger partial charge is 0.336 e. The highest BCUT2D eigenvalue weighted by molar-refractivity contribution is 7.89. The molecular formula is C12H17ClN4O3S. The van der Waals surface area contributed by atoms with Crippen molar-refractivity contribution in [3.8, 4) is 0 Å². The number of pyridine rings is 1. The molecule has 2 aromatic rings. The van der Waals surface area contributed by atoms with Gasteiger partial charge in [0.25, 0.3) is 5.71 Å². The van der Waals surface area contributed by atoms with Gasteiger partial charge in [-0.3, -0.25) is 0 Å². The summed E-state index contributed by atoms with van der Waals surface area (Å²) in [5.74, 6) is 0. The van der Waals surface area contributed by atoms with Gasteiger partial charge in [0.2, 0.25) is 10.0 Å². The van der Waals surface area contributed by atoms with Gasteiger partial charge < -0.3 is 10.3 Å². The van der Waals surface area contributed by atoms with Crippen LogP contribution in [0.2, 0.25) is 0 Å². The Morgan fingerprint density at radius 2 is 2.29 bits per heavy atom. The number of rotatable bonds is 3. The second-order valence-electron chi connectivity index (χ2n) is 4.92. The fourth-order valence-corrected chi connectivity index (χ4v) is 3.86. The van der Waals surface area contributed by atoms with E-state index in [2.05, 4.69) is 10.1 Å². The number of aromatic nitrogens is 2. The highest BCUT2D eigenvalue weighted by Crippen LogP contribution is 2.24. The Labute approximate surface area is 128 Å². The summed E-state index contributed by atoms with van der Waals surface area (Å²) >= 11 is 0. The maximum absolute atomic E-state index is 12.5. The van der Waals surface area contributed by atoms with E-state index in [9.17, 15) is 8.42 Å². The van der Waals surface area contributed by atoms with Crippen LogP contribution in [-0.2, 0) is 16.4 Å². The van der Waals surface area contributed by atoms with E-state index in [0.29, 0.717) is 42.7 Å². The van der Waals surface area contributed by atoms with Gasteiger partial charge in [-0.15, -0.1) is 12.4 Å². The average Bonchev–Trinajstić information content (AvgIpc) is 3.04. The van der Waals surface area contributed by atoms with Gasteiger partial charge in [0.1, 0.15) is 4.90 Å². The molecule has 1 atom stereocenters. The zero-order valence-electron chi connectivity index (χ0n) is 11.5. The SMILES string of the molecule is CCc1noc2ncc(S(=O)(=O)N3CC[C@@H](N)C3)cc12.Cl. The van der Waals surface area contributed by atoms with E-state index in [-0.39, 0.29) is 23.3 Å². The highest BCUT2D eigenvalue weighted by atomic mass is 35.5. The van der Waals surface area contributed by atoms with Crippen LogP contribution < -0.4 is 5.73 Å². The Balaban J connectivity index is 0.00000161. The zero-order valence-corrected chi connectivity index (χ0v) is 13.2. The number of nitrogens with zero attached hydrogens (tertiary/aromatic N) is 3. The molecule has 1 fully saturated rings. The summed E-state index contributed by atoms with van der Waals surface area (Å²) in [6, 6.07) is 1.49. The molecular weight excluding hydrogens is 316 g/mol. The maximum atomic E-state index is 12.5. The lowest BCUT2D eigenvalue weighted by molar-refractivity contribution is 0.439. The molecule has 1 aliphatic rings. The van der Waals surface area contributed by atoms with Crippen LogP contribution in [0.3, 0.4) is 0 Å². The van der Waals surface area contributed by atoms with Crippen molar-refractivity contribution in [2.75, 3.05) is 13.1 Å². The Morgan fingerprint density at radius 3 is 2.90 bits per heavy atom. The minimum absolute atomic E-state index is 0. The van der Waals surface area contributed by atoms with Crippen LogP contribution in [0, 0.1) is 0 Å². The summed E-state index contributed by atoms with van der Waals surface area (Å²) in [6.45, 7) is 2.73. The first-order valence-corrected chi connectivity index (χ1v) is 7.96. The number of hydrogen-bond acceptors (Lipinski definition) is 6. The smallest absolute Gasteiger partial charge is 0.258 e. The number of hydrogen-bond donors (Lipinski definition) is 1. The number of aryl methyl sites for hydroxylation is 1. The Bertz CT molecular complexity index is 746. The molecule has 0 bridgehead atoms. The van der Waals surface area contributed by atoms with Gasteiger partial charge in [0.05, 0.1) is 17.3 Å². The standard InChI is InChI=1S/C12H16N4O3S.ClH/c1-2-11-10-5-9(6-14-12(10)19-15-11)20(17,18)16-4-3-8(13)7-16;/h5-6,8H,2-4,7,13H2,1H3;1H/t8-;/m1./s1. The highest BCUT2D eigenvalue weighted by Gasteiger charge is 2.31. The maximum Gasteiger partial charge on any atom is 0.258 e. The molecule has 1 saturated heterocycles. The summed E-state index contributed by atoms with van der Waals surface area (Å²) in [5.41, 5.74) is 6.84. The van der Waals surface area contributed by atoms with Gasteiger partial charge in [-0.05, 0) is 18.9 Å². The second-order valence-corrected chi connectivity index (χ2v) is 6.86. The van der Waals surface area contributed by atoms with Crippen molar-refractivity contribution in [1.29, 1.82) is 0 Å². The predicted octanol–water partition coefficient (Wildman–Crippen LogP) is 0.929. The summed E-state index contributed by atoms with van der Waals surface area (Å²) in [4.78, 5) is 4.20. The van der Waals surface area contributed by atoms with Gasteiger partial charge in [-0.1, -0.05) is 12.1 Å². The van der Waals surface area contributed by atoms with Crippen LogP contribution in [0.5, 0.6) is 0 Å². The summed E-state index contributed by atoms with van der Waals surface area (Å²) < 4.78 is 31.5. The van der Waals surface area contributed by atoms with Crippen molar-refractivity contribution >= 4 is 33.5 Å². The Kier molecular flexibility index (Phi) is 4.52. The van der Waals surface area contributed by atoms with Crippen molar-refractivity contribution in [3.05, 3.63) is 18.0 Å². The minimum Gasteiger partial charge on any atom is -0.336 e. The monoisotopic (exact) mass is 332 g/mol. The van der Waals surface area contributed by atoms with Crippen LogP contribution in [-0.4, -0.2) is 42.0 Å². The van der Waals surface area contributed by atoms with Crippen molar-refractivity contribution in [2.24, 2.45) is 5.73 Å². The van der Waals surface area contributed by atoms with Gasteiger partial charge in [-0.25, -0.2) is 13.4 Å². The molecule has 1 aliphatic heterocycles. The average molecular weight is 333 g/mol. The van der Waals surface area contributed by atoms with Gasteiger partial charge in [0, 0.05) is 19.1 Å². The molecule has 0 saturated carbocycles. The lowest BCUT2D eigenvalue weighted by Crippen LogP contribution is -2.32. The normalized spacial score (nSPS) is 19.8. The van der Waals surface area contributed by atoms with E-state index in [0.717, 1.165) is 0 Å². The molecule has 3 rings (SSSR count). The van der Waals surface area contributed by atoms with E-state index in [1.807, 2.05) is 6.92 Å². The van der Waals surface area contributed by atoms with Crippen molar-refractivity contribution in [3.63, 3.8) is 0 Å². The fraction of sp³-hybridized carbons (Fsp3) is 0.500. The topological polar surface area (TPSA) is 102 Å². The predicted molar refractivity (Wildman–Crippen MR) is 79.8 cm³/mol. The number of sulfonamides is 1. The lowest BCUT2D eigenvalue weighted by atomic mass is 10.2. The van der Waals surface area contributed by atoms with Crippen molar-refractivity contribution in [2.45, 2.75) is 30.7 Å². The van der Waals surface area contributed by atoms with Crippen LogP contribution in [0.15, 0.2) is 21.7 Å². The molecule has 0 aromatic carbocycles. The third kappa shape index (κ3) is 2.76. The van der Waals surface area contributed by atoms with Crippen molar-refractivity contribution < 1.29 is 12.9 Å². The van der Waals surface area contributed by atoms with Gasteiger partial charge in [0.15, 0.2) is 0 Å². The van der Waals surface area contributed by atoms with E-state index in [1.165, 1.54) is 10.5 Å². The number of nitrogens with two attached hydrogens (primary N) is 1. The van der Waals surface area contributed by atoms with Crippen molar-refractivity contribution in [1.82, 2.24) is 14.4 Å². The molecule has 9 heteroatoms. The molecule has 0 amide bonds. The number of fused-ring (bicyclic) bond motifs is 1. The third-order valence-corrected chi connectivity index (χ3v) is 5.37. The molecule has 2 aromatic heterocycles. The Morgan fingerprint density at radius 1 is 1.52 bits per heavy atom. The van der Waals surface area contributed by atoms with Crippen LogP contribution in [0.1, 0.15) is 19.0 Å². The fourth-order valence-electron chi connectivity index (χ4n) is 2.38. The van der Waals surface area contributed by atoms with Gasteiger partial charge >= 0.3 is 0 Å². The lowest BCUT2D eigenvalue weighted by Gasteiger charge is -2.15. The van der Waals surface area contributed by atoms with E-state index < -0.39 is 10.0 Å². The first kappa shape index (κ1) is 16.2. The van der Waals surface area contributed by atoms with Crippen LogP contribution in [0.4, 0.5) is 0 Å². The molecule has 0 aliphatic carbocycles. The molecule has 21 heavy (non-hydrogen) atoms. The molecule has 0 spiro atoms. The molecule has 3 heterocycles. The van der Waals surface area contributed by atoms with Crippen LogP contribution >= 0.6 is 12.4 Å². The Hall–Kier alpha value is -1.22. The summed E-state index contributed by atoms with van der Waals surface area (Å²) in [5, 5.41) is 4.53. The van der Waals surface area contributed by atoms with E-state index in [1.54, 1.807) is 6.07 Å².